The van der Waals surface area contributed by atoms with Gasteiger partial charge in [0.1, 0.15) is 11.2 Å². The number of hydrogen-bond acceptors (Lipinski definition) is 7. The summed E-state index contributed by atoms with van der Waals surface area (Å²) in [6.07, 6.45) is 6.34. The van der Waals surface area contributed by atoms with Gasteiger partial charge in [-0.1, -0.05) is 17.8 Å². The molecule has 10 heteroatoms. The van der Waals surface area contributed by atoms with Gasteiger partial charge in [0.25, 0.3) is 0 Å². The summed E-state index contributed by atoms with van der Waals surface area (Å²) in [5.74, 6) is -0.138. The molecule has 0 atom stereocenters. The van der Waals surface area contributed by atoms with Gasteiger partial charge in [-0.3, -0.25) is 14.0 Å². The van der Waals surface area contributed by atoms with Crippen LogP contribution in [-0.2, 0) is 22.4 Å². The molecule has 0 aliphatic heterocycles. The van der Waals surface area contributed by atoms with Gasteiger partial charge in [0.15, 0.2) is 10.8 Å². The molecule has 0 radical (unpaired) electrons. The lowest BCUT2D eigenvalue weighted by atomic mass is 9.97. The molecule has 1 aromatic carbocycles. The molecule has 2 amide bonds. The molecule has 3 aromatic heterocycles. The van der Waals surface area contributed by atoms with Gasteiger partial charge < -0.3 is 10.6 Å². The lowest BCUT2D eigenvalue weighted by Crippen LogP contribution is -2.14. The average Bonchev–Trinajstić information content (AvgIpc) is 3.32. The summed E-state index contributed by atoms with van der Waals surface area (Å²) in [5, 5.41) is 16.0. The molecule has 31 heavy (non-hydrogen) atoms. The Bertz CT molecular complexity index is 1310. The molecule has 0 unspecified atom stereocenters. The fourth-order valence-electron chi connectivity index (χ4n) is 3.84. The number of carbonyl (C=O) groups is 2. The third-order valence-corrected chi connectivity index (χ3v) is 7.27. The van der Waals surface area contributed by atoms with E-state index in [1.54, 1.807) is 41.9 Å². The summed E-state index contributed by atoms with van der Waals surface area (Å²) in [6.45, 7) is 1.44. The van der Waals surface area contributed by atoms with Crippen LogP contribution in [0, 0.1) is 0 Å². The summed E-state index contributed by atoms with van der Waals surface area (Å²) < 4.78 is 1.87. The van der Waals surface area contributed by atoms with Crippen LogP contribution in [0.3, 0.4) is 0 Å². The zero-order valence-corrected chi connectivity index (χ0v) is 18.5. The van der Waals surface area contributed by atoms with Gasteiger partial charge in [0.2, 0.25) is 11.8 Å². The lowest BCUT2D eigenvalue weighted by Gasteiger charge is -2.10. The van der Waals surface area contributed by atoms with Crippen molar-refractivity contribution in [3.05, 3.63) is 41.0 Å². The molecule has 1 aliphatic rings. The number of nitrogens with zero attached hydrogens (tertiary/aromatic N) is 4. The predicted molar refractivity (Wildman–Crippen MR) is 123 cm³/mol. The Kier molecular flexibility index (Phi) is 5.33. The summed E-state index contributed by atoms with van der Waals surface area (Å²) in [4.78, 5) is 30.7. The minimum Gasteiger partial charge on any atom is -0.326 e. The fourth-order valence-corrected chi connectivity index (χ4v) is 5.77. The van der Waals surface area contributed by atoms with E-state index in [1.165, 1.54) is 42.0 Å². The van der Waals surface area contributed by atoms with Crippen molar-refractivity contribution < 1.29 is 9.59 Å². The van der Waals surface area contributed by atoms with Crippen molar-refractivity contribution in [3.63, 3.8) is 0 Å². The normalized spacial score (nSPS) is 13.3. The first kappa shape index (κ1) is 20.0. The van der Waals surface area contributed by atoms with Crippen LogP contribution < -0.4 is 10.6 Å². The van der Waals surface area contributed by atoms with Gasteiger partial charge in [-0.2, -0.15) is 0 Å². The van der Waals surface area contributed by atoms with Crippen molar-refractivity contribution in [1.82, 2.24) is 19.6 Å². The zero-order valence-electron chi connectivity index (χ0n) is 16.8. The highest BCUT2D eigenvalue weighted by Gasteiger charge is 2.21. The average molecular weight is 453 g/mol. The van der Waals surface area contributed by atoms with Crippen molar-refractivity contribution in [1.29, 1.82) is 0 Å². The second-order valence-electron chi connectivity index (χ2n) is 7.41. The molecular weight excluding hydrogens is 432 g/mol. The molecule has 0 saturated heterocycles. The minimum absolute atomic E-state index is 0.160. The maximum Gasteiger partial charge on any atom is 0.234 e. The van der Waals surface area contributed by atoms with Gasteiger partial charge >= 0.3 is 0 Å². The van der Waals surface area contributed by atoms with Crippen molar-refractivity contribution in [3.8, 4) is 0 Å². The molecule has 5 rings (SSSR count). The van der Waals surface area contributed by atoms with Crippen LogP contribution in [0.4, 0.5) is 11.4 Å². The maximum atomic E-state index is 12.4. The van der Waals surface area contributed by atoms with E-state index in [1.807, 2.05) is 4.40 Å². The van der Waals surface area contributed by atoms with Crippen LogP contribution in [0.25, 0.3) is 15.9 Å². The monoisotopic (exact) mass is 452 g/mol. The first-order chi connectivity index (χ1) is 15.1. The number of nitrogens with one attached hydrogen (secondary N) is 2. The quantitative estimate of drug-likeness (QED) is 0.445. The highest BCUT2D eigenvalue weighted by molar-refractivity contribution is 7.99. The van der Waals surface area contributed by atoms with E-state index in [4.69, 9.17) is 0 Å². The highest BCUT2D eigenvalue weighted by Crippen LogP contribution is 2.37. The summed E-state index contributed by atoms with van der Waals surface area (Å²) in [6, 6.07) is 7.04. The Morgan fingerprint density at radius 3 is 2.81 bits per heavy atom. The third-order valence-electron chi connectivity index (χ3n) is 5.13. The second-order valence-corrected chi connectivity index (χ2v) is 9.44. The maximum absolute atomic E-state index is 12.4. The molecule has 0 spiro atoms. The Morgan fingerprint density at radius 1 is 1.16 bits per heavy atom. The van der Waals surface area contributed by atoms with Crippen molar-refractivity contribution in [2.45, 2.75) is 37.8 Å². The molecule has 0 fully saturated rings. The molecule has 4 aromatic rings. The number of rotatable bonds is 5. The topological polar surface area (TPSA) is 101 Å². The van der Waals surface area contributed by atoms with Gasteiger partial charge in [0.05, 0.1) is 11.1 Å². The van der Waals surface area contributed by atoms with Crippen molar-refractivity contribution in [2.24, 2.45) is 0 Å². The SMILES string of the molecule is CC(=O)Nc1cccc(NC(=O)CSc2nnc3c4c5c(sc4ncn23)CCCC5)c1. The molecule has 3 heterocycles. The largest absolute Gasteiger partial charge is 0.326 e. The number of aryl methyl sites for hydroxylation is 2. The van der Waals surface area contributed by atoms with Crippen molar-refractivity contribution in [2.75, 3.05) is 16.4 Å². The molecule has 2 N–H and O–H groups in total. The smallest absolute Gasteiger partial charge is 0.234 e. The molecule has 0 bridgehead atoms. The van der Waals surface area contributed by atoms with Gasteiger partial charge in [-0.05, 0) is 49.4 Å². The van der Waals surface area contributed by atoms with E-state index in [9.17, 15) is 9.59 Å². The number of fused-ring (bicyclic) bond motifs is 5. The first-order valence-electron chi connectivity index (χ1n) is 10.0. The number of thiophene rings is 1. The number of thioether (sulfide) groups is 1. The van der Waals surface area contributed by atoms with Crippen LogP contribution in [0.5, 0.6) is 0 Å². The number of benzene rings is 1. The van der Waals surface area contributed by atoms with E-state index in [0.29, 0.717) is 16.5 Å². The summed E-state index contributed by atoms with van der Waals surface area (Å²) >= 11 is 3.08. The van der Waals surface area contributed by atoms with E-state index in [2.05, 4.69) is 25.8 Å². The first-order valence-corrected chi connectivity index (χ1v) is 11.8. The second kappa shape index (κ2) is 8.27. The molecule has 8 nitrogen and oxygen atoms in total. The van der Waals surface area contributed by atoms with Gasteiger partial charge in [0, 0.05) is 23.2 Å². The third kappa shape index (κ3) is 4.00. The van der Waals surface area contributed by atoms with E-state index < -0.39 is 0 Å². The highest BCUT2D eigenvalue weighted by atomic mass is 32.2. The number of anilines is 2. The van der Waals surface area contributed by atoms with Crippen LogP contribution in [-0.4, -0.2) is 37.1 Å². The Balaban J connectivity index is 1.32. The standard InChI is InChI=1S/C21H20N6O2S2/c1-12(28)23-13-5-4-6-14(9-13)24-17(29)10-30-21-26-25-19-18-15-7-2-3-8-16(15)31-20(18)22-11-27(19)21/h4-6,9,11H,2-3,7-8,10H2,1H3,(H,23,28)(H,24,29). The van der Waals surface area contributed by atoms with Gasteiger partial charge in [-0.25, -0.2) is 4.98 Å². The fraction of sp³-hybridized carbons (Fsp3) is 0.286. The Hall–Kier alpha value is -2.98. The molecule has 158 valence electrons. The molecule has 0 saturated carbocycles. The summed E-state index contributed by atoms with van der Waals surface area (Å²) in [5.41, 5.74) is 3.44. The van der Waals surface area contributed by atoms with Gasteiger partial charge in [-0.15, -0.1) is 21.5 Å². The lowest BCUT2D eigenvalue weighted by molar-refractivity contribution is -0.114. The van der Waals surface area contributed by atoms with Crippen LogP contribution >= 0.6 is 23.1 Å². The van der Waals surface area contributed by atoms with Crippen LogP contribution in [0.2, 0.25) is 0 Å². The van der Waals surface area contributed by atoms with Crippen molar-refractivity contribution >= 4 is 62.2 Å². The molecular formula is C21H20N6O2S2. The minimum atomic E-state index is -0.163. The van der Waals surface area contributed by atoms with E-state index >= 15 is 0 Å². The Morgan fingerprint density at radius 2 is 1.97 bits per heavy atom. The van der Waals surface area contributed by atoms with E-state index in [0.717, 1.165) is 28.7 Å². The van der Waals surface area contributed by atoms with Crippen LogP contribution in [0.15, 0.2) is 35.7 Å². The molecule has 1 aliphatic carbocycles. The number of amides is 2. The van der Waals surface area contributed by atoms with Crippen LogP contribution in [0.1, 0.15) is 30.2 Å². The summed E-state index contributed by atoms with van der Waals surface area (Å²) in [7, 11) is 0. The van der Waals surface area contributed by atoms with E-state index in [-0.39, 0.29) is 17.6 Å². The predicted octanol–water partition coefficient (Wildman–Crippen LogP) is 3.91. The number of hydrogen-bond donors (Lipinski definition) is 2. The Labute approximate surface area is 186 Å². The number of aromatic nitrogens is 4. The zero-order chi connectivity index (χ0) is 21.4. The number of carbonyl (C=O) groups excluding carboxylic acids is 2.